The lowest BCUT2D eigenvalue weighted by Crippen LogP contribution is -2.15. The topological polar surface area (TPSA) is 80.3 Å². The van der Waals surface area contributed by atoms with Gasteiger partial charge >= 0.3 is 0 Å². The van der Waals surface area contributed by atoms with Crippen LogP contribution < -0.4 is 15.4 Å². The summed E-state index contributed by atoms with van der Waals surface area (Å²) >= 11 is 0. The maximum absolute atomic E-state index is 12.4. The molecular weight excluding hydrogens is 342 g/mol. The fourth-order valence-electron chi connectivity index (χ4n) is 2.46. The molecule has 0 aliphatic heterocycles. The summed E-state index contributed by atoms with van der Waals surface area (Å²) in [7, 11) is 1.57. The molecule has 0 unspecified atom stereocenters. The van der Waals surface area contributed by atoms with Gasteiger partial charge in [0.05, 0.1) is 30.4 Å². The predicted octanol–water partition coefficient (Wildman–Crippen LogP) is 3.90. The molecule has 1 heterocycles. The molecular formula is C21H19N3O3. The second kappa shape index (κ2) is 8.14. The van der Waals surface area contributed by atoms with Crippen molar-refractivity contribution in [2.45, 2.75) is 6.92 Å². The van der Waals surface area contributed by atoms with Crippen LogP contribution in [0.5, 0.6) is 5.75 Å². The number of methoxy groups -OCH3 is 1. The minimum Gasteiger partial charge on any atom is -0.497 e. The van der Waals surface area contributed by atoms with Gasteiger partial charge < -0.3 is 15.4 Å². The molecule has 0 bridgehead atoms. The Morgan fingerprint density at radius 2 is 1.52 bits per heavy atom. The molecule has 2 N–H and O–H groups in total. The van der Waals surface area contributed by atoms with Crippen molar-refractivity contribution in [3.8, 4) is 5.75 Å². The number of benzene rings is 2. The normalized spacial score (nSPS) is 10.1. The zero-order valence-electron chi connectivity index (χ0n) is 15.0. The van der Waals surface area contributed by atoms with Gasteiger partial charge in [0.25, 0.3) is 11.8 Å². The lowest BCUT2D eigenvalue weighted by atomic mass is 10.2. The van der Waals surface area contributed by atoms with Crippen molar-refractivity contribution in [3.05, 3.63) is 83.7 Å². The summed E-state index contributed by atoms with van der Waals surface area (Å²) in [5.41, 5.74) is 2.72. The number of aromatic nitrogens is 1. The maximum Gasteiger partial charge on any atom is 0.255 e. The van der Waals surface area contributed by atoms with E-state index >= 15 is 0 Å². The summed E-state index contributed by atoms with van der Waals surface area (Å²) in [5, 5.41) is 5.61. The zero-order valence-corrected chi connectivity index (χ0v) is 15.0. The number of ether oxygens (including phenoxy) is 1. The zero-order chi connectivity index (χ0) is 19.2. The SMILES string of the molecule is COc1ccc(C(=O)Nc2cnc(C)c(NC(=O)c3ccccc3)c2)cc1. The smallest absolute Gasteiger partial charge is 0.255 e. The molecule has 27 heavy (non-hydrogen) atoms. The summed E-state index contributed by atoms with van der Waals surface area (Å²) in [6.07, 6.45) is 1.55. The molecule has 0 radical (unpaired) electrons. The molecule has 6 nitrogen and oxygen atoms in total. The fourth-order valence-corrected chi connectivity index (χ4v) is 2.46. The summed E-state index contributed by atoms with van der Waals surface area (Å²) in [4.78, 5) is 29.0. The lowest BCUT2D eigenvalue weighted by molar-refractivity contribution is 0.101. The van der Waals surface area contributed by atoms with Crippen molar-refractivity contribution in [2.75, 3.05) is 17.7 Å². The van der Waals surface area contributed by atoms with Gasteiger partial charge in [-0.3, -0.25) is 14.6 Å². The molecule has 0 aliphatic carbocycles. The second-order valence-corrected chi connectivity index (χ2v) is 5.86. The molecule has 3 aromatic rings. The van der Waals surface area contributed by atoms with Crippen molar-refractivity contribution in [1.29, 1.82) is 0 Å². The number of amides is 2. The van der Waals surface area contributed by atoms with Crippen molar-refractivity contribution < 1.29 is 14.3 Å². The first kappa shape index (κ1) is 18.1. The van der Waals surface area contributed by atoms with Gasteiger partial charge in [0.15, 0.2) is 0 Å². The van der Waals surface area contributed by atoms with Crippen LogP contribution in [-0.2, 0) is 0 Å². The summed E-state index contributed by atoms with van der Waals surface area (Å²) < 4.78 is 5.09. The first-order valence-electron chi connectivity index (χ1n) is 8.35. The third-order valence-corrected chi connectivity index (χ3v) is 3.98. The highest BCUT2D eigenvalue weighted by Gasteiger charge is 2.11. The van der Waals surface area contributed by atoms with E-state index < -0.39 is 0 Å². The Morgan fingerprint density at radius 1 is 0.889 bits per heavy atom. The van der Waals surface area contributed by atoms with Crippen molar-refractivity contribution in [2.24, 2.45) is 0 Å². The number of nitrogens with one attached hydrogen (secondary N) is 2. The maximum atomic E-state index is 12.4. The highest BCUT2D eigenvalue weighted by atomic mass is 16.5. The number of hydrogen-bond acceptors (Lipinski definition) is 4. The minimum atomic E-state index is -0.274. The monoisotopic (exact) mass is 361 g/mol. The number of aryl methyl sites for hydroxylation is 1. The largest absolute Gasteiger partial charge is 0.497 e. The summed E-state index contributed by atoms with van der Waals surface area (Å²) in [6.45, 7) is 1.79. The molecule has 0 aliphatic rings. The molecule has 0 saturated carbocycles. The standard InChI is InChI=1S/C21H19N3O3/c1-14-19(24-21(26)15-6-4-3-5-7-15)12-17(13-22-14)23-20(25)16-8-10-18(27-2)11-9-16/h3-13H,1-2H3,(H,23,25)(H,24,26). The molecule has 2 aromatic carbocycles. The predicted molar refractivity (Wildman–Crippen MR) is 104 cm³/mol. The molecule has 136 valence electrons. The average molecular weight is 361 g/mol. The Balaban J connectivity index is 1.74. The highest BCUT2D eigenvalue weighted by molar-refractivity contribution is 6.06. The molecule has 0 atom stereocenters. The molecule has 0 fully saturated rings. The van der Waals surface area contributed by atoms with Gasteiger partial charge in [0.2, 0.25) is 0 Å². The number of pyridine rings is 1. The Morgan fingerprint density at radius 3 is 2.19 bits per heavy atom. The van der Waals surface area contributed by atoms with Crippen molar-refractivity contribution in [3.63, 3.8) is 0 Å². The van der Waals surface area contributed by atoms with Crippen LogP contribution in [0, 0.1) is 6.92 Å². The van der Waals surface area contributed by atoms with Crippen LogP contribution >= 0.6 is 0 Å². The van der Waals surface area contributed by atoms with E-state index in [4.69, 9.17) is 4.74 Å². The van der Waals surface area contributed by atoms with E-state index in [1.807, 2.05) is 6.07 Å². The molecule has 1 aromatic heterocycles. The van der Waals surface area contributed by atoms with Crippen LogP contribution in [0.3, 0.4) is 0 Å². The van der Waals surface area contributed by atoms with Gasteiger partial charge in [-0.15, -0.1) is 0 Å². The van der Waals surface area contributed by atoms with E-state index in [0.717, 1.165) is 0 Å². The lowest BCUT2D eigenvalue weighted by Gasteiger charge is -2.11. The molecule has 2 amide bonds. The van der Waals surface area contributed by atoms with E-state index in [9.17, 15) is 9.59 Å². The van der Waals surface area contributed by atoms with E-state index in [0.29, 0.717) is 33.9 Å². The van der Waals surface area contributed by atoms with E-state index in [2.05, 4.69) is 15.6 Å². The van der Waals surface area contributed by atoms with Gasteiger partial charge in [-0.2, -0.15) is 0 Å². The molecule has 0 saturated heterocycles. The first-order chi connectivity index (χ1) is 13.1. The Hall–Kier alpha value is -3.67. The van der Waals surface area contributed by atoms with Gasteiger partial charge in [0.1, 0.15) is 5.75 Å². The van der Waals surface area contributed by atoms with Crippen LogP contribution in [0.25, 0.3) is 0 Å². The fraction of sp³-hybridized carbons (Fsp3) is 0.0952. The minimum absolute atomic E-state index is 0.237. The van der Waals surface area contributed by atoms with E-state index in [1.54, 1.807) is 74.8 Å². The quantitative estimate of drug-likeness (QED) is 0.722. The van der Waals surface area contributed by atoms with Gasteiger partial charge in [0, 0.05) is 11.1 Å². The molecule has 3 rings (SSSR count). The van der Waals surface area contributed by atoms with E-state index in [-0.39, 0.29) is 11.8 Å². The van der Waals surface area contributed by atoms with Crippen LogP contribution in [0.1, 0.15) is 26.4 Å². The van der Waals surface area contributed by atoms with Crippen LogP contribution in [0.15, 0.2) is 66.9 Å². The Bertz CT molecular complexity index is 954. The number of anilines is 2. The average Bonchev–Trinajstić information content (AvgIpc) is 2.71. The number of nitrogens with zero attached hydrogens (tertiary/aromatic N) is 1. The first-order valence-corrected chi connectivity index (χ1v) is 8.35. The summed E-state index contributed by atoms with van der Waals surface area (Å²) in [6, 6.07) is 17.4. The van der Waals surface area contributed by atoms with Crippen molar-refractivity contribution in [1.82, 2.24) is 4.98 Å². The number of hydrogen-bond donors (Lipinski definition) is 2. The van der Waals surface area contributed by atoms with Gasteiger partial charge in [-0.05, 0) is 49.4 Å². The number of carbonyl (C=O) groups excluding carboxylic acids is 2. The highest BCUT2D eigenvalue weighted by Crippen LogP contribution is 2.20. The summed E-state index contributed by atoms with van der Waals surface area (Å²) in [5.74, 6) is 0.164. The molecule has 6 heteroatoms. The Kier molecular flexibility index (Phi) is 5.47. The van der Waals surface area contributed by atoms with Crippen LogP contribution in [0.2, 0.25) is 0 Å². The number of carbonyl (C=O) groups is 2. The number of rotatable bonds is 5. The van der Waals surface area contributed by atoms with Gasteiger partial charge in [-0.25, -0.2) is 0 Å². The van der Waals surface area contributed by atoms with Crippen molar-refractivity contribution >= 4 is 23.2 Å². The second-order valence-electron chi connectivity index (χ2n) is 5.86. The van der Waals surface area contributed by atoms with E-state index in [1.165, 1.54) is 0 Å². The third kappa shape index (κ3) is 4.49. The Labute approximate surface area is 157 Å². The third-order valence-electron chi connectivity index (χ3n) is 3.98. The molecule has 0 spiro atoms. The van der Waals surface area contributed by atoms with Gasteiger partial charge in [-0.1, -0.05) is 18.2 Å². The van der Waals surface area contributed by atoms with Crippen LogP contribution in [-0.4, -0.2) is 23.9 Å². The van der Waals surface area contributed by atoms with Crippen LogP contribution in [0.4, 0.5) is 11.4 Å².